The van der Waals surface area contributed by atoms with Crippen LogP contribution in [0.1, 0.15) is 31.9 Å². The molecule has 1 aromatic heterocycles. The molecule has 20 heavy (non-hydrogen) atoms. The van der Waals surface area contributed by atoms with Crippen molar-refractivity contribution in [3.63, 3.8) is 0 Å². The number of rotatable bonds is 3. The molecule has 5 nitrogen and oxygen atoms in total. The van der Waals surface area contributed by atoms with Crippen LogP contribution in [0.15, 0.2) is 12.3 Å². The topological polar surface area (TPSA) is 58.5 Å². The van der Waals surface area contributed by atoms with Crippen LogP contribution in [0, 0.1) is 12.3 Å². The Labute approximate surface area is 120 Å². The van der Waals surface area contributed by atoms with Gasteiger partial charge < -0.3 is 14.7 Å². The van der Waals surface area contributed by atoms with E-state index in [2.05, 4.69) is 14.9 Å². The second-order valence-corrected chi connectivity index (χ2v) is 5.91. The van der Waals surface area contributed by atoms with E-state index < -0.39 is 0 Å². The van der Waals surface area contributed by atoms with E-state index in [0.29, 0.717) is 0 Å². The van der Waals surface area contributed by atoms with Gasteiger partial charge in [-0.05, 0) is 32.8 Å². The highest BCUT2D eigenvalue weighted by Crippen LogP contribution is 2.51. The van der Waals surface area contributed by atoms with Crippen LogP contribution in [-0.4, -0.2) is 47.0 Å². The first-order valence-electron chi connectivity index (χ1n) is 7.50. The van der Waals surface area contributed by atoms with Gasteiger partial charge in [0.25, 0.3) is 0 Å². The van der Waals surface area contributed by atoms with Crippen molar-refractivity contribution in [2.45, 2.75) is 45.3 Å². The minimum absolute atomic E-state index is 0.0314. The molecule has 0 amide bonds. The van der Waals surface area contributed by atoms with E-state index in [1.807, 2.05) is 26.1 Å². The van der Waals surface area contributed by atoms with Crippen LogP contribution < -0.4 is 4.90 Å². The molecule has 3 rings (SSSR count). The fourth-order valence-electron chi connectivity index (χ4n) is 3.53. The number of aromatic nitrogens is 2. The molecule has 0 radical (unpaired) electrons. The summed E-state index contributed by atoms with van der Waals surface area (Å²) in [5.41, 5.74) is 0.960. The maximum atomic E-state index is 10.2. The van der Waals surface area contributed by atoms with Gasteiger partial charge in [0.15, 0.2) is 0 Å². The summed E-state index contributed by atoms with van der Waals surface area (Å²) in [5.74, 6) is 0.807. The van der Waals surface area contributed by atoms with E-state index in [4.69, 9.17) is 4.74 Å². The molecular formula is C15H23N3O2. The first-order valence-corrected chi connectivity index (χ1v) is 7.50. The average Bonchev–Trinajstić information content (AvgIpc) is 2.47. The molecule has 1 N–H and O–H groups in total. The lowest BCUT2D eigenvalue weighted by atomic mass is 9.58. The van der Waals surface area contributed by atoms with Gasteiger partial charge in [0.2, 0.25) is 5.95 Å². The van der Waals surface area contributed by atoms with Crippen molar-refractivity contribution in [2.24, 2.45) is 5.41 Å². The molecule has 5 heteroatoms. The summed E-state index contributed by atoms with van der Waals surface area (Å²) in [6.45, 7) is 6.52. The molecule has 1 saturated heterocycles. The maximum absolute atomic E-state index is 10.2. The van der Waals surface area contributed by atoms with Crippen molar-refractivity contribution < 1.29 is 9.84 Å². The predicted octanol–water partition coefficient (Wildman–Crippen LogP) is 1.54. The third kappa shape index (κ3) is 2.19. The van der Waals surface area contributed by atoms with Gasteiger partial charge in [0, 0.05) is 43.4 Å². The lowest BCUT2D eigenvalue weighted by molar-refractivity contribution is -0.199. The van der Waals surface area contributed by atoms with Gasteiger partial charge in [-0.2, -0.15) is 0 Å². The number of nitrogens with zero attached hydrogens (tertiary/aromatic N) is 3. The highest BCUT2D eigenvalue weighted by Gasteiger charge is 2.56. The van der Waals surface area contributed by atoms with Gasteiger partial charge in [-0.25, -0.2) is 9.97 Å². The molecule has 2 fully saturated rings. The van der Waals surface area contributed by atoms with Crippen LogP contribution in [0.2, 0.25) is 0 Å². The zero-order chi connectivity index (χ0) is 14.2. The Kier molecular flexibility index (Phi) is 3.65. The summed E-state index contributed by atoms with van der Waals surface area (Å²) >= 11 is 0. The molecule has 0 aromatic carbocycles. The highest BCUT2D eigenvalue weighted by atomic mass is 16.5. The molecule has 110 valence electrons. The summed E-state index contributed by atoms with van der Waals surface area (Å²) in [6.07, 6.45) is 4.52. The quantitative estimate of drug-likeness (QED) is 0.908. The second-order valence-electron chi connectivity index (χ2n) is 5.91. The van der Waals surface area contributed by atoms with Crippen molar-refractivity contribution in [3.05, 3.63) is 18.0 Å². The maximum Gasteiger partial charge on any atom is 0.225 e. The van der Waals surface area contributed by atoms with Crippen LogP contribution in [0.5, 0.6) is 0 Å². The molecule has 2 atom stereocenters. The molecule has 1 aliphatic carbocycles. The van der Waals surface area contributed by atoms with E-state index >= 15 is 0 Å². The highest BCUT2D eigenvalue weighted by molar-refractivity contribution is 5.32. The number of hydrogen-bond acceptors (Lipinski definition) is 5. The Bertz CT molecular complexity index is 470. The SMILES string of the molecule is CCO[C@H]1C[C@@H](O)C12CCN(c1nccc(C)n1)CC2. The Balaban J connectivity index is 1.67. The summed E-state index contributed by atoms with van der Waals surface area (Å²) < 4.78 is 5.79. The molecule has 0 unspecified atom stereocenters. The van der Waals surface area contributed by atoms with E-state index in [0.717, 1.165) is 50.6 Å². The van der Waals surface area contributed by atoms with Crippen molar-refractivity contribution in [3.8, 4) is 0 Å². The van der Waals surface area contributed by atoms with Gasteiger partial charge in [-0.15, -0.1) is 0 Å². The van der Waals surface area contributed by atoms with Crippen LogP contribution in [0.25, 0.3) is 0 Å². The Morgan fingerprint density at radius 1 is 1.45 bits per heavy atom. The minimum atomic E-state index is -0.209. The Morgan fingerprint density at radius 2 is 2.20 bits per heavy atom. The van der Waals surface area contributed by atoms with Gasteiger partial charge in [-0.1, -0.05) is 0 Å². The summed E-state index contributed by atoms with van der Waals surface area (Å²) in [5, 5.41) is 10.2. The lowest BCUT2D eigenvalue weighted by Crippen LogP contribution is -2.62. The Morgan fingerprint density at radius 3 is 2.80 bits per heavy atom. The number of piperidine rings is 1. The number of ether oxygens (including phenoxy) is 1. The second kappa shape index (κ2) is 5.30. The Hall–Kier alpha value is -1.20. The fraction of sp³-hybridized carbons (Fsp3) is 0.733. The minimum Gasteiger partial charge on any atom is -0.392 e. The van der Waals surface area contributed by atoms with Gasteiger partial charge in [0.05, 0.1) is 12.2 Å². The lowest BCUT2D eigenvalue weighted by Gasteiger charge is -2.56. The normalized spacial score (nSPS) is 28.4. The van der Waals surface area contributed by atoms with E-state index in [-0.39, 0.29) is 17.6 Å². The number of aliphatic hydroxyl groups excluding tert-OH is 1. The van der Waals surface area contributed by atoms with Crippen LogP contribution in [0.4, 0.5) is 5.95 Å². The van der Waals surface area contributed by atoms with E-state index in [1.165, 1.54) is 0 Å². The fourth-order valence-corrected chi connectivity index (χ4v) is 3.53. The zero-order valence-electron chi connectivity index (χ0n) is 12.2. The van der Waals surface area contributed by atoms with Crippen molar-refractivity contribution in [2.75, 3.05) is 24.6 Å². The van der Waals surface area contributed by atoms with Gasteiger partial charge >= 0.3 is 0 Å². The van der Waals surface area contributed by atoms with Crippen molar-refractivity contribution >= 4 is 5.95 Å². The van der Waals surface area contributed by atoms with Gasteiger partial charge in [0.1, 0.15) is 0 Å². The van der Waals surface area contributed by atoms with Crippen LogP contribution >= 0.6 is 0 Å². The first kappa shape index (κ1) is 13.8. The smallest absolute Gasteiger partial charge is 0.225 e. The van der Waals surface area contributed by atoms with Crippen molar-refractivity contribution in [1.29, 1.82) is 0 Å². The monoisotopic (exact) mass is 277 g/mol. The zero-order valence-corrected chi connectivity index (χ0v) is 12.2. The molecule has 1 spiro atoms. The third-order valence-corrected chi connectivity index (χ3v) is 4.87. The average molecular weight is 277 g/mol. The standard InChI is InChI=1S/C15H23N3O2/c1-3-20-13-10-12(19)15(13)5-8-18(9-6-15)14-16-7-4-11(2)17-14/h4,7,12-13,19H,3,5-6,8-10H2,1-2H3/t12-,13+/m1/s1. The van der Waals surface area contributed by atoms with Crippen LogP contribution in [-0.2, 0) is 4.74 Å². The summed E-state index contributed by atoms with van der Waals surface area (Å²) in [4.78, 5) is 11.0. The number of aryl methyl sites for hydroxylation is 1. The molecule has 2 heterocycles. The molecule has 2 aliphatic rings. The predicted molar refractivity (Wildman–Crippen MR) is 76.7 cm³/mol. The molecule has 1 saturated carbocycles. The number of anilines is 1. The number of hydrogen-bond donors (Lipinski definition) is 1. The van der Waals surface area contributed by atoms with E-state index in [9.17, 15) is 5.11 Å². The molecule has 1 aliphatic heterocycles. The van der Waals surface area contributed by atoms with Crippen LogP contribution in [0.3, 0.4) is 0 Å². The largest absolute Gasteiger partial charge is 0.392 e. The summed E-state index contributed by atoms with van der Waals surface area (Å²) in [6, 6.07) is 1.91. The number of aliphatic hydroxyl groups is 1. The third-order valence-electron chi connectivity index (χ3n) is 4.87. The molecule has 0 bridgehead atoms. The van der Waals surface area contributed by atoms with Gasteiger partial charge in [-0.3, -0.25) is 0 Å². The van der Waals surface area contributed by atoms with Crippen molar-refractivity contribution in [1.82, 2.24) is 9.97 Å². The molecular weight excluding hydrogens is 254 g/mol. The molecule has 1 aromatic rings. The summed E-state index contributed by atoms with van der Waals surface area (Å²) in [7, 11) is 0. The van der Waals surface area contributed by atoms with E-state index in [1.54, 1.807) is 0 Å². The first-order chi connectivity index (χ1) is 9.65.